The molecular weight excluding hydrogens is 430 g/mol. The van der Waals surface area contributed by atoms with E-state index in [-0.39, 0.29) is 24.7 Å². The number of aromatic nitrogens is 2. The zero-order valence-electron chi connectivity index (χ0n) is 16.6. The van der Waals surface area contributed by atoms with Crippen molar-refractivity contribution in [1.29, 1.82) is 0 Å². The molecule has 0 radical (unpaired) electrons. The summed E-state index contributed by atoms with van der Waals surface area (Å²) in [6, 6.07) is 11.5. The highest BCUT2D eigenvalue weighted by Gasteiger charge is 2.24. The molecule has 0 spiro atoms. The first-order valence-electron chi connectivity index (χ1n) is 9.16. The standard InChI is InChI=1S/C20H22ClN3O5S/c1-14-3-6-16(7-4-14)30(27,28)23(2)12-20(26)29-13-19-22-17-8-5-15(21)11-18(17)24(19)9-10-25/h3-8,11,25H,9-10,12-13H2,1-2H3. The molecule has 0 amide bonds. The molecular formula is C20H22ClN3O5S. The summed E-state index contributed by atoms with van der Waals surface area (Å²) in [5.41, 5.74) is 2.29. The van der Waals surface area contributed by atoms with Crippen molar-refractivity contribution in [1.82, 2.24) is 13.9 Å². The Labute approximate surface area is 179 Å². The molecule has 0 atom stereocenters. The van der Waals surface area contributed by atoms with Gasteiger partial charge in [0.2, 0.25) is 10.0 Å². The number of imidazole rings is 1. The smallest absolute Gasteiger partial charge is 0.321 e. The fourth-order valence-electron chi connectivity index (χ4n) is 2.95. The maximum Gasteiger partial charge on any atom is 0.321 e. The number of rotatable bonds is 8. The summed E-state index contributed by atoms with van der Waals surface area (Å²) in [6.45, 7) is 1.38. The van der Waals surface area contributed by atoms with Gasteiger partial charge < -0.3 is 14.4 Å². The number of benzene rings is 2. The number of aryl methyl sites for hydroxylation is 1. The molecule has 2 aromatic carbocycles. The van der Waals surface area contributed by atoms with E-state index in [2.05, 4.69) is 4.98 Å². The van der Waals surface area contributed by atoms with Crippen LogP contribution in [0.2, 0.25) is 5.02 Å². The van der Waals surface area contributed by atoms with Crippen molar-refractivity contribution < 1.29 is 23.1 Å². The van der Waals surface area contributed by atoms with Gasteiger partial charge in [-0.15, -0.1) is 0 Å². The van der Waals surface area contributed by atoms with Gasteiger partial charge in [0.25, 0.3) is 0 Å². The minimum Gasteiger partial charge on any atom is -0.457 e. The molecule has 0 aliphatic carbocycles. The number of halogens is 1. The van der Waals surface area contributed by atoms with Gasteiger partial charge >= 0.3 is 5.97 Å². The Morgan fingerprint density at radius 3 is 2.60 bits per heavy atom. The number of likely N-dealkylation sites (N-methyl/N-ethyl adjacent to an activating group) is 1. The number of fused-ring (bicyclic) bond motifs is 1. The molecule has 1 aromatic heterocycles. The number of sulfonamides is 1. The van der Waals surface area contributed by atoms with Crippen molar-refractivity contribution in [3.8, 4) is 0 Å². The van der Waals surface area contributed by atoms with E-state index in [0.717, 1.165) is 9.87 Å². The minimum atomic E-state index is -3.81. The Morgan fingerprint density at radius 2 is 1.93 bits per heavy atom. The molecule has 0 bridgehead atoms. The van der Waals surface area contributed by atoms with E-state index in [0.29, 0.717) is 21.9 Å². The number of hydrogen-bond donors (Lipinski definition) is 1. The molecule has 0 fully saturated rings. The predicted octanol–water partition coefficient (Wildman–Crippen LogP) is 2.35. The summed E-state index contributed by atoms with van der Waals surface area (Å²) >= 11 is 6.04. The van der Waals surface area contributed by atoms with E-state index < -0.39 is 22.5 Å². The minimum absolute atomic E-state index is 0.102. The van der Waals surface area contributed by atoms with E-state index in [1.165, 1.54) is 19.2 Å². The SMILES string of the molecule is Cc1ccc(S(=O)(=O)N(C)CC(=O)OCc2nc3ccc(Cl)cc3n2CCO)cc1. The van der Waals surface area contributed by atoms with Crippen LogP contribution in [0.5, 0.6) is 0 Å². The highest BCUT2D eigenvalue weighted by Crippen LogP contribution is 2.21. The van der Waals surface area contributed by atoms with Gasteiger partial charge in [0.05, 0.1) is 22.5 Å². The molecule has 30 heavy (non-hydrogen) atoms. The largest absolute Gasteiger partial charge is 0.457 e. The van der Waals surface area contributed by atoms with Crippen LogP contribution in [0.4, 0.5) is 0 Å². The molecule has 0 saturated heterocycles. The van der Waals surface area contributed by atoms with Gasteiger partial charge in [0, 0.05) is 18.6 Å². The Bertz CT molecular complexity index is 1160. The fourth-order valence-corrected chi connectivity index (χ4v) is 4.23. The van der Waals surface area contributed by atoms with Crippen LogP contribution in [0.1, 0.15) is 11.4 Å². The van der Waals surface area contributed by atoms with E-state index in [1.54, 1.807) is 34.9 Å². The normalized spacial score (nSPS) is 11.9. The predicted molar refractivity (Wildman–Crippen MR) is 113 cm³/mol. The quantitative estimate of drug-likeness (QED) is 0.527. The van der Waals surface area contributed by atoms with Crippen molar-refractivity contribution in [2.45, 2.75) is 25.0 Å². The highest BCUT2D eigenvalue weighted by molar-refractivity contribution is 7.89. The first-order valence-corrected chi connectivity index (χ1v) is 11.0. The molecule has 10 heteroatoms. The van der Waals surface area contributed by atoms with Crippen LogP contribution in [0.25, 0.3) is 11.0 Å². The Morgan fingerprint density at radius 1 is 1.23 bits per heavy atom. The van der Waals surface area contributed by atoms with E-state index in [4.69, 9.17) is 16.3 Å². The van der Waals surface area contributed by atoms with Gasteiger partial charge in [-0.1, -0.05) is 29.3 Å². The molecule has 3 rings (SSSR count). The molecule has 8 nitrogen and oxygen atoms in total. The van der Waals surface area contributed by atoms with Gasteiger partial charge in [0.1, 0.15) is 19.0 Å². The Hall–Kier alpha value is -2.46. The van der Waals surface area contributed by atoms with E-state index >= 15 is 0 Å². The first kappa shape index (κ1) is 22.2. The number of esters is 1. The van der Waals surface area contributed by atoms with Gasteiger partial charge in [-0.25, -0.2) is 13.4 Å². The fraction of sp³-hybridized carbons (Fsp3) is 0.300. The van der Waals surface area contributed by atoms with Gasteiger partial charge in [-0.05, 0) is 37.3 Å². The van der Waals surface area contributed by atoms with Crippen molar-refractivity contribution >= 4 is 38.6 Å². The number of aliphatic hydroxyl groups is 1. The highest BCUT2D eigenvalue weighted by atomic mass is 35.5. The third-order valence-corrected chi connectivity index (χ3v) is 6.61. The molecule has 1 heterocycles. The molecule has 0 unspecified atom stereocenters. The zero-order valence-corrected chi connectivity index (χ0v) is 18.2. The average molecular weight is 452 g/mol. The van der Waals surface area contributed by atoms with Gasteiger partial charge in [-0.3, -0.25) is 4.79 Å². The molecule has 0 saturated carbocycles. The lowest BCUT2D eigenvalue weighted by molar-refractivity contribution is -0.145. The zero-order chi connectivity index (χ0) is 21.9. The van der Waals surface area contributed by atoms with Crippen molar-refractivity contribution in [2.24, 2.45) is 0 Å². The summed E-state index contributed by atoms with van der Waals surface area (Å²) in [4.78, 5) is 16.8. The van der Waals surface area contributed by atoms with Crippen LogP contribution < -0.4 is 0 Å². The summed E-state index contributed by atoms with van der Waals surface area (Å²) in [5.74, 6) is -0.285. The lowest BCUT2D eigenvalue weighted by Gasteiger charge is -2.16. The lowest BCUT2D eigenvalue weighted by atomic mass is 10.2. The number of ether oxygens (including phenoxy) is 1. The average Bonchev–Trinajstić information content (AvgIpc) is 3.04. The topological polar surface area (TPSA) is 102 Å². The monoisotopic (exact) mass is 451 g/mol. The number of nitrogens with zero attached hydrogens (tertiary/aromatic N) is 3. The molecule has 160 valence electrons. The number of aliphatic hydroxyl groups excluding tert-OH is 1. The second-order valence-corrected chi connectivity index (χ2v) is 9.25. The van der Waals surface area contributed by atoms with Crippen LogP contribution in [0, 0.1) is 6.92 Å². The maximum atomic E-state index is 12.6. The third-order valence-electron chi connectivity index (χ3n) is 4.56. The Kier molecular flexibility index (Phi) is 6.77. The van der Waals surface area contributed by atoms with Crippen LogP contribution in [-0.4, -0.2) is 53.5 Å². The second kappa shape index (κ2) is 9.13. The van der Waals surface area contributed by atoms with Crippen LogP contribution in [-0.2, 0) is 32.7 Å². The van der Waals surface area contributed by atoms with Crippen LogP contribution in [0.15, 0.2) is 47.4 Å². The molecule has 0 aliphatic heterocycles. The summed E-state index contributed by atoms with van der Waals surface area (Å²) in [5, 5.41) is 9.86. The van der Waals surface area contributed by atoms with E-state index in [9.17, 15) is 18.3 Å². The van der Waals surface area contributed by atoms with Crippen LogP contribution in [0.3, 0.4) is 0 Å². The summed E-state index contributed by atoms with van der Waals surface area (Å²) in [7, 11) is -2.49. The molecule has 3 aromatic rings. The Balaban J connectivity index is 1.70. The van der Waals surface area contributed by atoms with Crippen LogP contribution >= 0.6 is 11.6 Å². The summed E-state index contributed by atoms with van der Waals surface area (Å²) in [6.07, 6.45) is 0. The number of carbonyl (C=O) groups is 1. The molecule has 0 aliphatic rings. The van der Waals surface area contributed by atoms with Crippen molar-refractivity contribution in [2.75, 3.05) is 20.2 Å². The molecule has 1 N–H and O–H groups in total. The van der Waals surface area contributed by atoms with Gasteiger partial charge in [0.15, 0.2) is 0 Å². The maximum absolute atomic E-state index is 12.6. The lowest BCUT2D eigenvalue weighted by Crippen LogP contribution is -2.33. The van der Waals surface area contributed by atoms with Crippen molar-refractivity contribution in [3.63, 3.8) is 0 Å². The first-order chi connectivity index (χ1) is 14.2. The summed E-state index contributed by atoms with van der Waals surface area (Å²) < 4.78 is 33.1. The van der Waals surface area contributed by atoms with Gasteiger partial charge in [-0.2, -0.15) is 4.31 Å². The third kappa shape index (κ3) is 4.81. The van der Waals surface area contributed by atoms with E-state index in [1.807, 2.05) is 6.92 Å². The number of hydrogen-bond acceptors (Lipinski definition) is 6. The second-order valence-electron chi connectivity index (χ2n) is 6.77. The number of carbonyl (C=O) groups excluding carboxylic acids is 1. The van der Waals surface area contributed by atoms with Crippen molar-refractivity contribution in [3.05, 3.63) is 58.9 Å².